The van der Waals surface area contributed by atoms with E-state index in [1.54, 1.807) is 30.5 Å². The quantitative estimate of drug-likeness (QED) is 0.512. The molecule has 88 valence electrons. The van der Waals surface area contributed by atoms with Gasteiger partial charge in [0.2, 0.25) is 0 Å². The molecule has 1 aromatic heterocycles. The molecule has 2 aromatic rings. The summed E-state index contributed by atoms with van der Waals surface area (Å²) in [4.78, 5) is 15.6. The lowest BCUT2D eigenvalue weighted by atomic mass is 10.3. The van der Waals surface area contributed by atoms with E-state index in [1.165, 1.54) is 11.3 Å². The van der Waals surface area contributed by atoms with Crippen molar-refractivity contribution in [2.45, 2.75) is 12.8 Å². The zero-order chi connectivity index (χ0) is 12.1. The van der Waals surface area contributed by atoms with Gasteiger partial charge in [-0.1, -0.05) is 0 Å². The van der Waals surface area contributed by atoms with Crippen LogP contribution in [0, 0.1) is 0 Å². The second kappa shape index (κ2) is 5.45. The molecule has 0 spiro atoms. The number of esters is 1. The average molecular weight is 248 g/mol. The number of aryl methyl sites for hydroxylation is 1. The Kier molecular flexibility index (Phi) is 3.72. The minimum Gasteiger partial charge on any atom is -0.427 e. The van der Waals surface area contributed by atoms with Gasteiger partial charge in [0.1, 0.15) is 5.75 Å². The number of rotatable bonds is 4. The Morgan fingerprint density at radius 2 is 2.12 bits per heavy atom. The molecule has 0 aliphatic heterocycles. The largest absolute Gasteiger partial charge is 0.427 e. The molecule has 4 nitrogen and oxygen atoms in total. The number of nitrogen functional groups attached to an aromatic ring is 1. The van der Waals surface area contributed by atoms with Crippen molar-refractivity contribution >= 4 is 23.0 Å². The first-order valence-electron chi connectivity index (χ1n) is 5.18. The number of benzene rings is 1. The van der Waals surface area contributed by atoms with Gasteiger partial charge in [0.25, 0.3) is 0 Å². The second-order valence-corrected chi connectivity index (χ2v) is 4.45. The van der Waals surface area contributed by atoms with Gasteiger partial charge in [0.15, 0.2) is 0 Å². The van der Waals surface area contributed by atoms with Gasteiger partial charge in [-0.25, -0.2) is 4.98 Å². The summed E-state index contributed by atoms with van der Waals surface area (Å²) in [6.07, 6.45) is 2.68. The maximum absolute atomic E-state index is 11.5. The van der Waals surface area contributed by atoms with E-state index in [2.05, 4.69) is 4.98 Å². The molecule has 2 N–H and O–H groups in total. The van der Waals surface area contributed by atoms with Crippen molar-refractivity contribution in [2.24, 2.45) is 0 Å². The molecule has 1 heterocycles. The van der Waals surface area contributed by atoms with E-state index >= 15 is 0 Å². The molecule has 17 heavy (non-hydrogen) atoms. The molecule has 0 fully saturated rings. The van der Waals surface area contributed by atoms with E-state index in [1.807, 2.05) is 5.38 Å². The van der Waals surface area contributed by atoms with Crippen molar-refractivity contribution < 1.29 is 9.53 Å². The van der Waals surface area contributed by atoms with Crippen LogP contribution in [-0.2, 0) is 11.2 Å². The summed E-state index contributed by atoms with van der Waals surface area (Å²) in [6.45, 7) is 0. The Hall–Kier alpha value is -1.88. The van der Waals surface area contributed by atoms with Gasteiger partial charge in [-0.3, -0.25) is 4.79 Å². The summed E-state index contributed by atoms with van der Waals surface area (Å²) >= 11 is 1.54. The Morgan fingerprint density at radius 3 is 2.76 bits per heavy atom. The number of hydrogen-bond donors (Lipinski definition) is 1. The number of anilines is 1. The highest BCUT2D eigenvalue weighted by molar-refractivity contribution is 7.09. The SMILES string of the molecule is Nc1ccc(OC(=O)CCc2nccs2)cc1. The van der Waals surface area contributed by atoms with Crippen LogP contribution in [0.3, 0.4) is 0 Å². The third kappa shape index (κ3) is 3.57. The van der Waals surface area contributed by atoms with Gasteiger partial charge in [-0.2, -0.15) is 0 Å². The van der Waals surface area contributed by atoms with Crippen LogP contribution in [0.5, 0.6) is 5.75 Å². The van der Waals surface area contributed by atoms with Gasteiger partial charge in [-0.05, 0) is 24.3 Å². The molecule has 1 aromatic carbocycles. The molecule has 0 unspecified atom stereocenters. The van der Waals surface area contributed by atoms with E-state index in [0.717, 1.165) is 5.01 Å². The number of nitrogens with two attached hydrogens (primary N) is 1. The third-order valence-electron chi connectivity index (χ3n) is 2.14. The summed E-state index contributed by atoms with van der Waals surface area (Å²) in [5.74, 6) is 0.258. The van der Waals surface area contributed by atoms with Crippen LogP contribution in [0.15, 0.2) is 35.8 Å². The lowest BCUT2D eigenvalue weighted by Gasteiger charge is -2.03. The van der Waals surface area contributed by atoms with Gasteiger partial charge in [0, 0.05) is 23.7 Å². The van der Waals surface area contributed by atoms with E-state index in [0.29, 0.717) is 24.3 Å². The van der Waals surface area contributed by atoms with Crippen molar-refractivity contribution in [3.05, 3.63) is 40.8 Å². The first-order valence-corrected chi connectivity index (χ1v) is 6.06. The van der Waals surface area contributed by atoms with Crippen molar-refractivity contribution in [2.75, 3.05) is 5.73 Å². The third-order valence-corrected chi connectivity index (χ3v) is 2.98. The van der Waals surface area contributed by atoms with Gasteiger partial charge in [0.05, 0.1) is 11.4 Å². The highest BCUT2D eigenvalue weighted by Gasteiger charge is 2.06. The summed E-state index contributed by atoms with van der Waals surface area (Å²) in [7, 11) is 0. The maximum Gasteiger partial charge on any atom is 0.311 e. The fourth-order valence-corrected chi connectivity index (χ4v) is 1.92. The zero-order valence-corrected chi connectivity index (χ0v) is 9.94. The molecule has 0 aliphatic rings. The van der Waals surface area contributed by atoms with E-state index < -0.39 is 0 Å². The molecular weight excluding hydrogens is 236 g/mol. The Morgan fingerprint density at radius 1 is 1.35 bits per heavy atom. The first kappa shape index (κ1) is 11.6. The molecular formula is C12H12N2O2S. The molecule has 0 atom stereocenters. The minimum absolute atomic E-state index is 0.259. The minimum atomic E-state index is -0.259. The number of carbonyl (C=O) groups is 1. The van der Waals surface area contributed by atoms with Gasteiger partial charge >= 0.3 is 5.97 Å². The Bertz CT molecular complexity index is 480. The maximum atomic E-state index is 11.5. The molecule has 0 saturated carbocycles. The molecule has 2 rings (SSSR count). The van der Waals surface area contributed by atoms with Crippen LogP contribution >= 0.6 is 11.3 Å². The van der Waals surface area contributed by atoms with Crippen molar-refractivity contribution in [1.82, 2.24) is 4.98 Å². The number of thiazole rings is 1. The highest BCUT2D eigenvalue weighted by atomic mass is 32.1. The zero-order valence-electron chi connectivity index (χ0n) is 9.13. The Balaban J connectivity index is 1.83. The van der Waals surface area contributed by atoms with Crippen LogP contribution in [0.25, 0.3) is 0 Å². The molecule has 0 amide bonds. The molecule has 0 saturated heterocycles. The van der Waals surface area contributed by atoms with E-state index in [-0.39, 0.29) is 5.97 Å². The van der Waals surface area contributed by atoms with Gasteiger partial charge in [-0.15, -0.1) is 11.3 Å². The summed E-state index contributed by atoms with van der Waals surface area (Å²) < 4.78 is 5.15. The van der Waals surface area contributed by atoms with Crippen LogP contribution in [-0.4, -0.2) is 11.0 Å². The lowest BCUT2D eigenvalue weighted by Crippen LogP contribution is -2.08. The number of hydrogen-bond acceptors (Lipinski definition) is 5. The fraction of sp³-hybridized carbons (Fsp3) is 0.167. The van der Waals surface area contributed by atoms with Crippen molar-refractivity contribution in [1.29, 1.82) is 0 Å². The normalized spacial score (nSPS) is 10.1. The number of nitrogens with zero attached hydrogens (tertiary/aromatic N) is 1. The van der Waals surface area contributed by atoms with E-state index in [4.69, 9.17) is 10.5 Å². The highest BCUT2D eigenvalue weighted by Crippen LogP contribution is 2.14. The van der Waals surface area contributed by atoms with Crippen LogP contribution in [0.4, 0.5) is 5.69 Å². The summed E-state index contributed by atoms with van der Waals surface area (Å²) in [5.41, 5.74) is 6.18. The lowest BCUT2D eigenvalue weighted by molar-refractivity contribution is -0.134. The predicted octanol–water partition coefficient (Wildman–Crippen LogP) is 2.26. The second-order valence-electron chi connectivity index (χ2n) is 3.47. The topological polar surface area (TPSA) is 65.2 Å². The van der Waals surface area contributed by atoms with Crippen LogP contribution in [0.1, 0.15) is 11.4 Å². The summed E-state index contributed by atoms with van der Waals surface area (Å²) in [6, 6.07) is 6.75. The van der Waals surface area contributed by atoms with Crippen molar-refractivity contribution in [3.63, 3.8) is 0 Å². The standard InChI is InChI=1S/C12H12N2O2S/c13-9-1-3-10(4-2-9)16-12(15)6-5-11-14-7-8-17-11/h1-4,7-8H,5-6,13H2. The smallest absolute Gasteiger partial charge is 0.311 e. The monoisotopic (exact) mass is 248 g/mol. The molecule has 0 radical (unpaired) electrons. The summed E-state index contributed by atoms with van der Waals surface area (Å²) in [5, 5.41) is 2.83. The van der Waals surface area contributed by atoms with Gasteiger partial charge < -0.3 is 10.5 Å². The molecule has 0 bridgehead atoms. The van der Waals surface area contributed by atoms with Crippen LogP contribution < -0.4 is 10.5 Å². The molecule has 0 aliphatic carbocycles. The fourth-order valence-electron chi connectivity index (χ4n) is 1.30. The van der Waals surface area contributed by atoms with Crippen LogP contribution in [0.2, 0.25) is 0 Å². The number of carbonyl (C=O) groups excluding carboxylic acids is 1. The average Bonchev–Trinajstić information content (AvgIpc) is 2.83. The number of aromatic nitrogens is 1. The van der Waals surface area contributed by atoms with E-state index in [9.17, 15) is 4.79 Å². The Labute approximate surface area is 103 Å². The van der Waals surface area contributed by atoms with Crippen molar-refractivity contribution in [3.8, 4) is 5.75 Å². The molecule has 5 heteroatoms. The predicted molar refractivity (Wildman–Crippen MR) is 66.9 cm³/mol. The number of ether oxygens (including phenoxy) is 1. The first-order chi connectivity index (χ1) is 8.24.